The molecule has 1 unspecified atom stereocenters. The number of nitrogens with one attached hydrogen (secondary N) is 1. The number of ether oxygens (including phenoxy) is 1. The van der Waals surface area contributed by atoms with Crippen LogP contribution in [0.3, 0.4) is 0 Å². The van der Waals surface area contributed by atoms with Crippen molar-refractivity contribution in [1.82, 2.24) is 15.3 Å². The number of carbonyl (C=O) groups excluding carboxylic acids is 2. The molecule has 0 aliphatic carbocycles. The van der Waals surface area contributed by atoms with Crippen molar-refractivity contribution in [3.8, 4) is 22.5 Å². The lowest BCUT2D eigenvalue weighted by molar-refractivity contribution is -0.145. The molecule has 0 aliphatic rings. The number of methoxy groups -OCH3 is 1. The van der Waals surface area contributed by atoms with Crippen molar-refractivity contribution in [2.24, 2.45) is 5.92 Å². The van der Waals surface area contributed by atoms with Crippen LogP contribution in [-0.2, 0) is 14.3 Å². The molecular weight excluding hydrogens is 422 g/mol. The molecule has 1 aromatic heterocycles. The van der Waals surface area contributed by atoms with Gasteiger partial charge in [-0.05, 0) is 18.4 Å². The first-order valence-corrected chi connectivity index (χ1v) is 11.4. The van der Waals surface area contributed by atoms with E-state index in [1.54, 1.807) is 0 Å². The van der Waals surface area contributed by atoms with Gasteiger partial charge < -0.3 is 10.1 Å². The van der Waals surface area contributed by atoms with Gasteiger partial charge in [0, 0.05) is 11.1 Å². The average Bonchev–Trinajstić information content (AvgIpc) is 2.82. The van der Waals surface area contributed by atoms with Crippen molar-refractivity contribution >= 4 is 23.6 Å². The van der Waals surface area contributed by atoms with E-state index in [1.165, 1.54) is 18.9 Å². The number of thioether (sulfide) groups is 1. The minimum absolute atomic E-state index is 0.0953. The van der Waals surface area contributed by atoms with Crippen molar-refractivity contribution in [3.05, 3.63) is 66.7 Å². The molecule has 0 fully saturated rings. The van der Waals surface area contributed by atoms with E-state index in [2.05, 4.69) is 15.3 Å². The third kappa shape index (κ3) is 6.65. The number of hydrogen-bond acceptors (Lipinski definition) is 6. The van der Waals surface area contributed by atoms with Gasteiger partial charge in [-0.15, -0.1) is 0 Å². The second-order valence-corrected chi connectivity index (χ2v) is 8.66. The molecule has 32 heavy (non-hydrogen) atoms. The molecule has 2 aromatic carbocycles. The SMILES string of the molecule is COC(=O)C(CC(C)C)NC(=O)CSc1nc(-c2ccccc2)cc(-c2ccccc2)n1. The van der Waals surface area contributed by atoms with Crippen LogP contribution in [0.2, 0.25) is 0 Å². The van der Waals surface area contributed by atoms with Crippen LogP contribution in [0.4, 0.5) is 0 Å². The predicted molar refractivity (Wildman–Crippen MR) is 127 cm³/mol. The van der Waals surface area contributed by atoms with Crippen LogP contribution in [0.25, 0.3) is 22.5 Å². The summed E-state index contributed by atoms with van der Waals surface area (Å²) in [6.07, 6.45) is 0.515. The highest BCUT2D eigenvalue weighted by atomic mass is 32.2. The number of carbonyl (C=O) groups is 2. The van der Waals surface area contributed by atoms with E-state index in [0.717, 1.165) is 22.5 Å². The maximum Gasteiger partial charge on any atom is 0.328 e. The Hall–Kier alpha value is -3.19. The molecule has 0 aliphatic heterocycles. The van der Waals surface area contributed by atoms with E-state index in [4.69, 9.17) is 4.74 Å². The molecular formula is C25H27N3O3S. The van der Waals surface area contributed by atoms with Gasteiger partial charge in [0.2, 0.25) is 5.91 Å². The van der Waals surface area contributed by atoms with Gasteiger partial charge in [0.15, 0.2) is 5.16 Å². The number of benzene rings is 2. The fourth-order valence-electron chi connectivity index (χ4n) is 3.20. The van der Waals surface area contributed by atoms with Crippen molar-refractivity contribution in [2.45, 2.75) is 31.5 Å². The van der Waals surface area contributed by atoms with Crippen molar-refractivity contribution in [3.63, 3.8) is 0 Å². The first kappa shape index (κ1) is 23.5. The second kappa shape index (κ2) is 11.4. The first-order valence-electron chi connectivity index (χ1n) is 10.5. The first-order chi connectivity index (χ1) is 15.5. The third-order valence-electron chi connectivity index (χ3n) is 4.71. The molecule has 1 amide bonds. The highest BCUT2D eigenvalue weighted by Crippen LogP contribution is 2.26. The number of amides is 1. The monoisotopic (exact) mass is 449 g/mol. The summed E-state index contributed by atoms with van der Waals surface area (Å²) >= 11 is 1.24. The zero-order valence-corrected chi connectivity index (χ0v) is 19.3. The average molecular weight is 450 g/mol. The van der Waals surface area contributed by atoms with Crippen molar-refractivity contribution in [1.29, 1.82) is 0 Å². The molecule has 3 rings (SSSR count). The Morgan fingerprint density at radius 2 is 1.47 bits per heavy atom. The van der Waals surface area contributed by atoms with Gasteiger partial charge >= 0.3 is 5.97 Å². The summed E-state index contributed by atoms with van der Waals surface area (Å²) in [7, 11) is 1.32. The third-order valence-corrected chi connectivity index (χ3v) is 5.55. The molecule has 0 bridgehead atoms. The normalized spacial score (nSPS) is 11.8. The van der Waals surface area contributed by atoms with Crippen LogP contribution >= 0.6 is 11.8 Å². The van der Waals surface area contributed by atoms with E-state index in [0.29, 0.717) is 11.6 Å². The molecule has 166 valence electrons. The highest BCUT2D eigenvalue weighted by molar-refractivity contribution is 7.99. The van der Waals surface area contributed by atoms with E-state index >= 15 is 0 Å². The summed E-state index contributed by atoms with van der Waals surface area (Å²) < 4.78 is 4.82. The van der Waals surface area contributed by atoms with Gasteiger partial charge in [-0.25, -0.2) is 14.8 Å². The molecule has 6 nitrogen and oxygen atoms in total. The van der Waals surface area contributed by atoms with Gasteiger partial charge in [-0.2, -0.15) is 0 Å². The van der Waals surface area contributed by atoms with Gasteiger partial charge in [0.25, 0.3) is 0 Å². The Bertz CT molecular complexity index is 985. The van der Waals surface area contributed by atoms with Gasteiger partial charge in [0.05, 0.1) is 24.3 Å². The minimum atomic E-state index is -0.662. The zero-order valence-electron chi connectivity index (χ0n) is 18.4. The lowest BCUT2D eigenvalue weighted by Crippen LogP contribution is -2.43. The topological polar surface area (TPSA) is 81.2 Å². The van der Waals surface area contributed by atoms with Gasteiger partial charge in [-0.1, -0.05) is 86.3 Å². The quantitative estimate of drug-likeness (QED) is 0.292. The highest BCUT2D eigenvalue weighted by Gasteiger charge is 2.22. The fraction of sp³-hybridized carbons (Fsp3) is 0.280. The minimum Gasteiger partial charge on any atom is -0.467 e. The molecule has 0 saturated carbocycles. The van der Waals surface area contributed by atoms with Gasteiger partial charge in [-0.3, -0.25) is 4.79 Å². The summed E-state index contributed by atoms with van der Waals surface area (Å²) in [5.41, 5.74) is 3.52. The number of hydrogen-bond donors (Lipinski definition) is 1. The van der Waals surface area contributed by atoms with Crippen LogP contribution < -0.4 is 5.32 Å². The molecule has 1 N–H and O–H groups in total. The van der Waals surface area contributed by atoms with Gasteiger partial charge in [0.1, 0.15) is 6.04 Å². The van der Waals surface area contributed by atoms with E-state index < -0.39 is 12.0 Å². The predicted octanol–water partition coefficient (Wildman–Crippen LogP) is 4.61. The Kier molecular flexibility index (Phi) is 8.39. The number of nitrogens with zero attached hydrogens (tertiary/aromatic N) is 2. The summed E-state index contributed by atoms with van der Waals surface area (Å²) in [4.78, 5) is 33.9. The molecule has 1 heterocycles. The number of rotatable bonds is 9. The molecule has 3 aromatic rings. The van der Waals surface area contributed by atoms with Crippen LogP contribution in [0.5, 0.6) is 0 Å². The van der Waals surface area contributed by atoms with E-state index in [-0.39, 0.29) is 17.6 Å². The Balaban J connectivity index is 1.79. The van der Waals surface area contributed by atoms with Crippen molar-refractivity contribution in [2.75, 3.05) is 12.9 Å². The second-order valence-electron chi connectivity index (χ2n) is 7.71. The number of aromatic nitrogens is 2. The fourth-order valence-corrected chi connectivity index (χ4v) is 3.87. The van der Waals surface area contributed by atoms with Crippen LogP contribution in [-0.4, -0.2) is 40.7 Å². The van der Waals surface area contributed by atoms with E-state index in [1.807, 2.05) is 80.6 Å². The molecule has 0 spiro atoms. The Labute approximate surface area is 192 Å². The zero-order chi connectivity index (χ0) is 22.9. The van der Waals surface area contributed by atoms with Crippen molar-refractivity contribution < 1.29 is 14.3 Å². The largest absolute Gasteiger partial charge is 0.467 e. The summed E-state index contributed by atoms with van der Waals surface area (Å²) in [6.45, 7) is 3.98. The standard InChI is InChI=1S/C25H27N3O3S/c1-17(2)14-22(24(30)31-3)26-23(29)16-32-25-27-20(18-10-6-4-7-11-18)15-21(28-25)19-12-8-5-9-13-19/h4-13,15,17,22H,14,16H2,1-3H3,(H,26,29). The summed E-state index contributed by atoms with van der Waals surface area (Å²) in [5.74, 6) is -0.365. The Morgan fingerprint density at radius 3 is 1.94 bits per heavy atom. The van der Waals surface area contributed by atoms with Crippen LogP contribution in [0.1, 0.15) is 20.3 Å². The molecule has 0 saturated heterocycles. The smallest absolute Gasteiger partial charge is 0.328 e. The summed E-state index contributed by atoms with van der Waals surface area (Å²) in [6, 6.07) is 21.0. The maximum absolute atomic E-state index is 12.5. The lowest BCUT2D eigenvalue weighted by Gasteiger charge is -2.18. The van der Waals surface area contributed by atoms with Crippen LogP contribution in [0.15, 0.2) is 71.9 Å². The maximum atomic E-state index is 12.5. The number of esters is 1. The summed E-state index contributed by atoms with van der Waals surface area (Å²) in [5, 5.41) is 3.27. The lowest BCUT2D eigenvalue weighted by atomic mass is 10.0. The Morgan fingerprint density at radius 1 is 0.938 bits per heavy atom. The van der Waals surface area contributed by atoms with Crippen LogP contribution in [0, 0.1) is 5.92 Å². The molecule has 1 atom stereocenters. The molecule has 0 radical (unpaired) electrons. The van der Waals surface area contributed by atoms with E-state index in [9.17, 15) is 9.59 Å². The molecule has 7 heteroatoms.